The number of benzene rings is 1. The maximum Gasteiger partial charge on any atom is 0.321 e. The summed E-state index contributed by atoms with van der Waals surface area (Å²) in [4.78, 5) is 23.4. The van der Waals surface area contributed by atoms with E-state index in [-0.39, 0.29) is 11.8 Å². The normalized spacial score (nSPS) is 11.8. The minimum atomic E-state index is -0.510. The smallest absolute Gasteiger partial charge is 0.321 e. The number of hydrogen-bond acceptors (Lipinski definition) is 6. The number of urea groups is 1. The number of halogens is 1. The molecule has 0 bridgehead atoms. The van der Waals surface area contributed by atoms with Gasteiger partial charge in [0.05, 0.1) is 11.4 Å². The van der Waals surface area contributed by atoms with Crippen LogP contribution in [0.5, 0.6) is 0 Å². The highest BCUT2D eigenvalue weighted by Crippen LogP contribution is 2.20. The second-order valence-corrected chi connectivity index (χ2v) is 6.35. The Hall–Kier alpha value is -2.13. The first-order valence-electron chi connectivity index (χ1n) is 7.27. The molecule has 10 heteroatoms. The molecule has 0 aliphatic heterocycles. The van der Waals surface area contributed by atoms with Gasteiger partial charge >= 0.3 is 6.03 Å². The molecule has 1 atom stereocenters. The molecule has 0 fully saturated rings. The van der Waals surface area contributed by atoms with E-state index in [1.54, 1.807) is 24.3 Å². The number of thioether (sulfide) groups is 1. The van der Waals surface area contributed by atoms with Crippen LogP contribution in [0.1, 0.15) is 20.3 Å². The van der Waals surface area contributed by atoms with Gasteiger partial charge in [-0.3, -0.25) is 10.1 Å². The first kappa shape index (κ1) is 18.2. The Balaban J connectivity index is 1.92. The molecule has 0 saturated heterocycles. The summed E-state index contributed by atoms with van der Waals surface area (Å²) in [6.07, 6.45) is 0.783. The molecule has 1 aromatic heterocycles. The lowest BCUT2D eigenvalue weighted by atomic mass is 10.3. The SMILES string of the molecule is CC[C@H](C)NC(=O)NC(=O)CSc1nnnn1-c1cccc(Cl)c1. The van der Waals surface area contributed by atoms with E-state index in [4.69, 9.17) is 11.6 Å². The van der Waals surface area contributed by atoms with Crippen molar-refractivity contribution in [2.75, 3.05) is 5.75 Å². The molecule has 0 aliphatic rings. The highest BCUT2D eigenvalue weighted by atomic mass is 35.5. The fraction of sp³-hybridized carbons (Fsp3) is 0.357. The fourth-order valence-electron chi connectivity index (χ4n) is 1.69. The molecule has 24 heavy (non-hydrogen) atoms. The Morgan fingerprint density at radius 2 is 2.21 bits per heavy atom. The maximum absolute atomic E-state index is 11.8. The van der Waals surface area contributed by atoms with Crippen LogP contribution in [-0.2, 0) is 4.79 Å². The largest absolute Gasteiger partial charge is 0.335 e. The highest BCUT2D eigenvalue weighted by Gasteiger charge is 2.14. The van der Waals surface area contributed by atoms with Crippen LogP contribution >= 0.6 is 23.4 Å². The summed E-state index contributed by atoms with van der Waals surface area (Å²) in [5.41, 5.74) is 0.685. The van der Waals surface area contributed by atoms with Crippen molar-refractivity contribution in [1.82, 2.24) is 30.8 Å². The van der Waals surface area contributed by atoms with Gasteiger partial charge in [-0.2, -0.15) is 4.68 Å². The van der Waals surface area contributed by atoms with Crippen LogP contribution in [0, 0.1) is 0 Å². The van der Waals surface area contributed by atoms with Crippen LogP contribution in [-0.4, -0.2) is 43.9 Å². The number of amides is 3. The molecule has 1 aromatic carbocycles. The maximum atomic E-state index is 11.8. The van der Waals surface area contributed by atoms with Crippen LogP contribution in [0.2, 0.25) is 5.02 Å². The molecule has 2 N–H and O–H groups in total. The quantitative estimate of drug-likeness (QED) is 0.756. The number of tetrazole rings is 1. The molecule has 0 aliphatic carbocycles. The van der Waals surface area contributed by atoms with E-state index in [1.165, 1.54) is 4.68 Å². The Kier molecular flexibility index (Phi) is 6.56. The van der Waals surface area contributed by atoms with E-state index in [1.807, 2.05) is 13.8 Å². The molecule has 0 saturated carbocycles. The lowest BCUT2D eigenvalue weighted by Crippen LogP contribution is -2.43. The zero-order valence-corrected chi connectivity index (χ0v) is 14.8. The van der Waals surface area contributed by atoms with E-state index in [9.17, 15) is 9.59 Å². The van der Waals surface area contributed by atoms with Crippen molar-refractivity contribution in [3.05, 3.63) is 29.3 Å². The summed E-state index contributed by atoms with van der Waals surface area (Å²) in [6, 6.07) is 6.52. The van der Waals surface area contributed by atoms with Crippen molar-refractivity contribution in [2.24, 2.45) is 0 Å². The first-order chi connectivity index (χ1) is 11.5. The van der Waals surface area contributed by atoms with Crippen LogP contribution in [0.15, 0.2) is 29.4 Å². The first-order valence-corrected chi connectivity index (χ1v) is 8.63. The summed E-state index contributed by atoms with van der Waals surface area (Å²) < 4.78 is 1.48. The van der Waals surface area contributed by atoms with Gasteiger partial charge in [-0.15, -0.1) is 5.10 Å². The summed E-state index contributed by atoms with van der Waals surface area (Å²) >= 11 is 7.08. The molecule has 0 unspecified atom stereocenters. The predicted octanol–water partition coefficient (Wildman–Crippen LogP) is 2.03. The Bertz CT molecular complexity index is 723. The average Bonchev–Trinajstić information content (AvgIpc) is 3.01. The molecule has 8 nitrogen and oxygen atoms in total. The number of imide groups is 1. The molecular weight excluding hydrogens is 352 g/mol. The van der Waals surface area contributed by atoms with Crippen LogP contribution in [0.3, 0.4) is 0 Å². The molecule has 0 spiro atoms. The topological polar surface area (TPSA) is 102 Å². The standard InChI is InChI=1S/C14H17ClN6O2S/c1-3-9(2)16-13(23)17-12(22)8-24-14-18-19-20-21(14)11-6-4-5-10(15)7-11/h4-7,9H,3,8H2,1-2H3,(H2,16,17,22,23)/t9-/m0/s1. The van der Waals surface area contributed by atoms with Crippen LogP contribution in [0.25, 0.3) is 5.69 Å². The minimum absolute atomic E-state index is 0.000538. The number of carbonyl (C=O) groups is 2. The van der Waals surface area contributed by atoms with E-state index in [0.29, 0.717) is 15.9 Å². The molecule has 0 radical (unpaired) electrons. The lowest BCUT2D eigenvalue weighted by molar-refractivity contribution is -0.117. The third-order valence-electron chi connectivity index (χ3n) is 3.07. The molecule has 3 amide bonds. The van der Waals surface area contributed by atoms with Crippen LogP contribution in [0.4, 0.5) is 4.79 Å². The Morgan fingerprint density at radius 1 is 1.42 bits per heavy atom. The summed E-state index contributed by atoms with van der Waals surface area (Å²) in [6.45, 7) is 3.80. The van der Waals surface area contributed by atoms with E-state index in [0.717, 1.165) is 18.2 Å². The number of rotatable bonds is 6. The highest BCUT2D eigenvalue weighted by molar-refractivity contribution is 7.99. The summed E-state index contributed by atoms with van der Waals surface area (Å²) in [5, 5.41) is 17.3. The summed E-state index contributed by atoms with van der Waals surface area (Å²) in [7, 11) is 0. The van der Waals surface area contributed by atoms with Crippen molar-refractivity contribution in [1.29, 1.82) is 0 Å². The van der Waals surface area contributed by atoms with Gasteiger partial charge in [-0.05, 0) is 42.0 Å². The minimum Gasteiger partial charge on any atom is -0.335 e. The monoisotopic (exact) mass is 368 g/mol. The van der Waals surface area contributed by atoms with Crippen molar-refractivity contribution in [3.8, 4) is 5.69 Å². The third kappa shape index (κ3) is 5.20. The van der Waals surface area contributed by atoms with Crippen molar-refractivity contribution in [2.45, 2.75) is 31.5 Å². The molecule has 2 rings (SSSR count). The van der Waals surface area contributed by atoms with E-state index in [2.05, 4.69) is 26.2 Å². The molecule has 2 aromatic rings. The molecular formula is C14H17ClN6O2S. The van der Waals surface area contributed by atoms with Gasteiger partial charge < -0.3 is 5.32 Å². The van der Waals surface area contributed by atoms with Crippen molar-refractivity contribution in [3.63, 3.8) is 0 Å². The van der Waals surface area contributed by atoms with Gasteiger partial charge in [-0.1, -0.05) is 36.4 Å². The zero-order valence-electron chi connectivity index (χ0n) is 13.2. The second kappa shape index (κ2) is 8.65. The average molecular weight is 369 g/mol. The Labute approximate surface area is 148 Å². The number of nitrogens with one attached hydrogen (secondary N) is 2. The summed E-state index contributed by atoms with van der Waals surface area (Å²) in [5.74, 6) is -0.420. The lowest BCUT2D eigenvalue weighted by Gasteiger charge is -2.11. The Morgan fingerprint density at radius 3 is 2.92 bits per heavy atom. The van der Waals surface area contributed by atoms with Gasteiger partial charge in [0.2, 0.25) is 11.1 Å². The van der Waals surface area contributed by atoms with Gasteiger partial charge in [0, 0.05) is 11.1 Å². The van der Waals surface area contributed by atoms with Gasteiger partial charge in [0.15, 0.2) is 0 Å². The number of aromatic nitrogens is 4. The predicted molar refractivity (Wildman–Crippen MR) is 91.3 cm³/mol. The number of nitrogens with zero attached hydrogens (tertiary/aromatic N) is 4. The van der Waals surface area contributed by atoms with E-state index >= 15 is 0 Å². The second-order valence-electron chi connectivity index (χ2n) is 4.97. The zero-order chi connectivity index (χ0) is 17.5. The van der Waals surface area contributed by atoms with E-state index < -0.39 is 11.9 Å². The molecule has 1 heterocycles. The van der Waals surface area contributed by atoms with Gasteiger partial charge in [0.1, 0.15) is 0 Å². The third-order valence-corrected chi connectivity index (χ3v) is 4.22. The number of carbonyl (C=O) groups excluding carboxylic acids is 2. The van der Waals surface area contributed by atoms with Gasteiger partial charge in [-0.25, -0.2) is 4.79 Å². The number of hydrogen-bond donors (Lipinski definition) is 2. The molecule has 128 valence electrons. The van der Waals surface area contributed by atoms with Crippen molar-refractivity contribution >= 4 is 35.3 Å². The van der Waals surface area contributed by atoms with Gasteiger partial charge in [0.25, 0.3) is 0 Å². The van der Waals surface area contributed by atoms with Crippen molar-refractivity contribution < 1.29 is 9.59 Å². The fourth-order valence-corrected chi connectivity index (χ4v) is 2.57. The van der Waals surface area contributed by atoms with Crippen LogP contribution < -0.4 is 10.6 Å².